The highest BCUT2D eigenvalue weighted by Gasteiger charge is 2.26. The van der Waals surface area contributed by atoms with E-state index in [1.54, 1.807) is 7.11 Å². The Balaban J connectivity index is 1.43. The van der Waals surface area contributed by atoms with Crippen molar-refractivity contribution in [2.24, 2.45) is 0 Å². The molecule has 1 aromatic heterocycles. The number of hydrogen-bond donors (Lipinski definition) is 0. The van der Waals surface area contributed by atoms with Crippen LogP contribution in [0.25, 0.3) is 11.3 Å². The van der Waals surface area contributed by atoms with Crippen LogP contribution in [0.1, 0.15) is 24.5 Å². The van der Waals surface area contributed by atoms with E-state index in [1.165, 1.54) is 0 Å². The van der Waals surface area contributed by atoms with Crippen LogP contribution in [-0.2, 0) is 9.53 Å². The second kappa shape index (κ2) is 9.37. The maximum Gasteiger partial charge on any atom is 0.236 e. The lowest BCUT2D eigenvalue weighted by Gasteiger charge is -2.34. The Hall–Kier alpha value is -2.44. The molecule has 2 aliphatic rings. The molecule has 0 N–H and O–H groups in total. The summed E-state index contributed by atoms with van der Waals surface area (Å²) in [5.41, 5.74) is 3.12. The minimum atomic E-state index is 0.215. The summed E-state index contributed by atoms with van der Waals surface area (Å²) in [6, 6.07) is 14.2. The fraction of sp³-hybridized carbons (Fsp3) is 0.478. The molecule has 3 heterocycles. The van der Waals surface area contributed by atoms with E-state index >= 15 is 0 Å². The molecular weight excluding hydrogens is 366 g/mol. The molecule has 29 heavy (non-hydrogen) atoms. The van der Waals surface area contributed by atoms with Crippen LogP contribution in [0, 0.1) is 0 Å². The number of amides is 1. The molecule has 0 saturated carbocycles. The van der Waals surface area contributed by atoms with Crippen LogP contribution in [0.5, 0.6) is 5.75 Å². The average molecular weight is 396 g/mol. The number of benzene rings is 1. The van der Waals surface area contributed by atoms with Crippen LogP contribution in [-0.4, -0.2) is 73.7 Å². The predicted molar refractivity (Wildman–Crippen MR) is 112 cm³/mol. The zero-order chi connectivity index (χ0) is 20.1. The number of hydrogen-bond acceptors (Lipinski definition) is 5. The molecule has 1 atom stereocenters. The van der Waals surface area contributed by atoms with Gasteiger partial charge >= 0.3 is 0 Å². The first kappa shape index (κ1) is 19.9. The quantitative estimate of drug-likeness (QED) is 0.779. The average Bonchev–Trinajstić information content (AvgIpc) is 2.80. The number of ether oxygens (including phenoxy) is 2. The molecule has 1 aromatic carbocycles. The second-order valence-electron chi connectivity index (χ2n) is 7.75. The molecule has 2 saturated heterocycles. The first-order valence-corrected chi connectivity index (χ1v) is 10.4. The van der Waals surface area contributed by atoms with E-state index in [1.807, 2.05) is 29.2 Å². The fourth-order valence-corrected chi connectivity index (χ4v) is 4.17. The largest absolute Gasteiger partial charge is 0.497 e. The summed E-state index contributed by atoms with van der Waals surface area (Å²) in [4.78, 5) is 21.8. The Kier molecular flexibility index (Phi) is 6.42. The minimum absolute atomic E-state index is 0.215. The molecule has 2 fully saturated rings. The van der Waals surface area contributed by atoms with E-state index < -0.39 is 0 Å². The zero-order valence-electron chi connectivity index (χ0n) is 17.0. The first-order chi connectivity index (χ1) is 14.2. The summed E-state index contributed by atoms with van der Waals surface area (Å²) in [6.07, 6.45) is 2.20. The third-order valence-electron chi connectivity index (χ3n) is 5.78. The molecule has 2 aliphatic heterocycles. The van der Waals surface area contributed by atoms with Gasteiger partial charge in [0.15, 0.2) is 0 Å². The minimum Gasteiger partial charge on any atom is -0.497 e. The Bertz CT molecular complexity index is 836. The van der Waals surface area contributed by atoms with Crippen LogP contribution >= 0.6 is 0 Å². The summed E-state index contributed by atoms with van der Waals surface area (Å²) >= 11 is 0. The van der Waals surface area contributed by atoms with Crippen molar-refractivity contribution in [3.05, 3.63) is 48.2 Å². The van der Waals surface area contributed by atoms with Crippen LogP contribution in [0.15, 0.2) is 42.5 Å². The number of carbonyl (C=O) groups excluding carboxylic acids is 1. The molecule has 4 rings (SSSR count). The molecule has 154 valence electrons. The monoisotopic (exact) mass is 395 g/mol. The molecule has 6 nitrogen and oxygen atoms in total. The Morgan fingerprint density at radius 1 is 1.17 bits per heavy atom. The normalized spacial score (nSPS) is 20.4. The Labute approximate surface area is 172 Å². The van der Waals surface area contributed by atoms with E-state index in [9.17, 15) is 4.79 Å². The van der Waals surface area contributed by atoms with Crippen molar-refractivity contribution < 1.29 is 14.3 Å². The van der Waals surface area contributed by atoms with Gasteiger partial charge in [0.1, 0.15) is 5.75 Å². The van der Waals surface area contributed by atoms with Gasteiger partial charge in [-0.1, -0.05) is 18.2 Å². The molecule has 0 unspecified atom stereocenters. The highest BCUT2D eigenvalue weighted by molar-refractivity contribution is 5.78. The van der Waals surface area contributed by atoms with Crippen LogP contribution in [0.4, 0.5) is 0 Å². The smallest absolute Gasteiger partial charge is 0.236 e. The molecule has 0 radical (unpaired) electrons. The SMILES string of the molecule is COc1cccc(-c2cccc([C@H]3CCCN(CC(=O)N4CCOCC4)C3)n2)c1. The van der Waals surface area contributed by atoms with Crippen molar-refractivity contribution in [1.82, 2.24) is 14.8 Å². The highest BCUT2D eigenvalue weighted by atomic mass is 16.5. The number of piperidine rings is 1. The molecular formula is C23H29N3O3. The molecule has 2 aromatic rings. The maximum absolute atomic E-state index is 12.6. The van der Waals surface area contributed by atoms with Crippen molar-refractivity contribution in [3.8, 4) is 17.0 Å². The summed E-state index contributed by atoms with van der Waals surface area (Å²) in [5.74, 6) is 1.40. The van der Waals surface area contributed by atoms with Gasteiger partial charge in [0.2, 0.25) is 5.91 Å². The van der Waals surface area contributed by atoms with Gasteiger partial charge in [-0.15, -0.1) is 0 Å². The summed E-state index contributed by atoms with van der Waals surface area (Å²) in [7, 11) is 1.68. The van der Waals surface area contributed by atoms with Crippen LogP contribution in [0.3, 0.4) is 0 Å². The Morgan fingerprint density at radius 3 is 2.83 bits per heavy atom. The number of aromatic nitrogens is 1. The number of morpholine rings is 1. The topological polar surface area (TPSA) is 54.9 Å². The van der Waals surface area contributed by atoms with E-state index in [-0.39, 0.29) is 5.91 Å². The standard InChI is InChI=1S/C23H29N3O3/c1-28-20-7-2-5-18(15-20)21-8-3-9-22(24-21)19-6-4-10-25(16-19)17-23(27)26-11-13-29-14-12-26/h2-3,5,7-9,15,19H,4,6,10-14,16-17H2,1H3/t19-/m0/s1. The lowest BCUT2D eigenvalue weighted by Crippen LogP contribution is -2.47. The third-order valence-corrected chi connectivity index (χ3v) is 5.78. The Morgan fingerprint density at radius 2 is 2.00 bits per heavy atom. The predicted octanol–water partition coefficient (Wildman–Crippen LogP) is 2.80. The van der Waals surface area contributed by atoms with E-state index in [0.717, 1.165) is 48.6 Å². The van der Waals surface area contributed by atoms with Crippen molar-refractivity contribution in [2.45, 2.75) is 18.8 Å². The second-order valence-corrected chi connectivity index (χ2v) is 7.75. The lowest BCUT2D eigenvalue weighted by atomic mass is 9.93. The third kappa shape index (κ3) is 4.95. The van der Waals surface area contributed by atoms with E-state index in [4.69, 9.17) is 14.5 Å². The molecule has 0 bridgehead atoms. The number of carbonyl (C=O) groups is 1. The zero-order valence-corrected chi connectivity index (χ0v) is 17.0. The van der Waals surface area contributed by atoms with Gasteiger partial charge in [-0.05, 0) is 43.7 Å². The summed E-state index contributed by atoms with van der Waals surface area (Å²) < 4.78 is 10.7. The number of rotatable bonds is 5. The van der Waals surface area contributed by atoms with Gasteiger partial charge in [-0.3, -0.25) is 14.7 Å². The van der Waals surface area contributed by atoms with Crippen molar-refractivity contribution in [2.75, 3.05) is 53.0 Å². The maximum atomic E-state index is 12.6. The van der Waals surface area contributed by atoms with Crippen molar-refractivity contribution in [1.29, 1.82) is 0 Å². The van der Waals surface area contributed by atoms with Gasteiger partial charge in [0.05, 0.1) is 32.6 Å². The van der Waals surface area contributed by atoms with Gasteiger partial charge in [0, 0.05) is 36.8 Å². The van der Waals surface area contributed by atoms with Crippen LogP contribution in [0.2, 0.25) is 0 Å². The van der Waals surface area contributed by atoms with E-state index in [0.29, 0.717) is 38.8 Å². The number of nitrogens with zero attached hydrogens (tertiary/aromatic N) is 3. The first-order valence-electron chi connectivity index (χ1n) is 10.4. The molecule has 1 amide bonds. The van der Waals surface area contributed by atoms with Crippen LogP contribution < -0.4 is 4.74 Å². The molecule has 0 spiro atoms. The number of likely N-dealkylation sites (tertiary alicyclic amines) is 1. The summed E-state index contributed by atoms with van der Waals surface area (Å²) in [5, 5.41) is 0. The van der Waals surface area contributed by atoms with Crippen molar-refractivity contribution in [3.63, 3.8) is 0 Å². The molecule has 6 heteroatoms. The number of pyridine rings is 1. The van der Waals surface area contributed by atoms with Gasteiger partial charge in [0.25, 0.3) is 0 Å². The van der Waals surface area contributed by atoms with Gasteiger partial charge < -0.3 is 14.4 Å². The fourth-order valence-electron chi connectivity index (χ4n) is 4.17. The number of methoxy groups -OCH3 is 1. The molecule has 0 aliphatic carbocycles. The lowest BCUT2D eigenvalue weighted by molar-refractivity contribution is -0.136. The van der Waals surface area contributed by atoms with Gasteiger partial charge in [-0.2, -0.15) is 0 Å². The highest BCUT2D eigenvalue weighted by Crippen LogP contribution is 2.28. The van der Waals surface area contributed by atoms with Crippen molar-refractivity contribution >= 4 is 5.91 Å². The van der Waals surface area contributed by atoms with Gasteiger partial charge in [-0.25, -0.2) is 0 Å². The summed E-state index contributed by atoms with van der Waals surface area (Å²) in [6.45, 7) is 5.06. The van der Waals surface area contributed by atoms with E-state index in [2.05, 4.69) is 23.1 Å².